The van der Waals surface area contributed by atoms with E-state index in [9.17, 15) is 8.42 Å². The van der Waals surface area contributed by atoms with Crippen LogP contribution < -0.4 is 0 Å². The van der Waals surface area contributed by atoms with E-state index >= 15 is 0 Å². The average molecular weight is 216 g/mol. The Morgan fingerprint density at radius 2 is 2.00 bits per heavy atom. The molecule has 0 amide bonds. The highest BCUT2D eigenvalue weighted by Crippen LogP contribution is 2.27. The Morgan fingerprint density at radius 1 is 1.43 bits per heavy atom. The van der Waals surface area contributed by atoms with E-state index in [1.54, 1.807) is 0 Å². The summed E-state index contributed by atoms with van der Waals surface area (Å²) in [6.07, 6.45) is 1.67. The summed E-state index contributed by atoms with van der Waals surface area (Å²) in [5.74, 6) is 0.00886. The lowest BCUT2D eigenvalue weighted by Crippen LogP contribution is -2.16. The molecular formula is C9H16N2O2S. The first-order chi connectivity index (χ1) is 6.33. The smallest absolute Gasteiger partial charge is 0.205 e. The van der Waals surface area contributed by atoms with Crippen molar-refractivity contribution in [1.82, 2.24) is 0 Å². The van der Waals surface area contributed by atoms with E-state index in [4.69, 9.17) is 5.26 Å². The lowest BCUT2D eigenvalue weighted by Gasteiger charge is -2.22. The highest BCUT2D eigenvalue weighted by atomic mass is 32.2. The first-order valence-corrected chi connectivity index (χ1v) is 6.01. The summed E-state index contributed by atoms with van der Waals surface area (Å²) in [6, 6.07) is 2.05. The zero-order valence-corrected chi connectivity index (χ0v) is 9.47. The van der Waals surface area contributed by atoms with Crippen LogP contribution in [0.5, 0.6) is 0 Å². The second-order valence-corrected chi connectivity index (χ2v) is 5.82. The maximum atomic E-state index is 11.0. The zero-order valence-electron chi connectivity index (χ0n) is 8.65. The topological polar surface area (TPSA) is 70.3 Å². The van der Waals surface area contributed by atoms with Crippen LogP contribution in [-0.4, -0.2) is 20.9 Å². The minimum absolute atomic E-state index is 0.00886. The minimum Gasteiger partial charge on any atom is -0.205 e. The molecule has 0 bridgehead atoms. The number of nitrogens with zero attached hydrogens (tertiary/aromatic N) is 2. The standard InChI is InChI=1S/C9H16N2O2S/c1-9(2,5-4-7-10)6-8-14(12,13)11-3/h3-6,8H2,1-2H3. The van der Waals surface area contributed by atoms with Crippen molar-refractivity contribution in [3.63, 3.8) is 0 Å². The predicted octanol–water partition coefficient (Wildman–Crippen LogP) is 1.74. The quantitative estimate of drug-likeness (QED) is 0.635. The van der Waals surface area contributed by atoms with Gasteiger partial charge in [0, 0.05) is 13.1 Å². The molecule has 0 unspecified atom stereocenters. The van der Waals surface area contributed by atoms with Crippen molar-refractivity contribution in [3.05, 3.63) is 0 Å². The van der Waals surface area contributed by atoms with Crippen LogP contribution in [0.25, 0.3) is 0 Å². The fourth-order valence-electron chi connectivity index (χ4n) is 0.989. The molecule has 0 aliphatic carbocycles. The van der Waals surface area contributed by atoms with Crippen LogP contribution in [0.4, 0.5) is 0 Å². The van der Waals surface area contributed by atoms with Crippen LogP contribution in [0, 0.1) is 16.7 Å². The molecule has 0 aromatic heterocycles. The molecule has 0 aromatic carbocycles. The molecule has 0 spiro atoms. The second-order valence-electron chi connectivity index (χ2n) is 3.99. The van der Waals surface area contributed by atoms with E-state index < -0.39 is 10.0 Å². The summed E-state index contributed by atoms with van der Waals surface area (Å²) in [5, 5.41) is 8.41. The molecule has 80 valence electrons. The monoisotopic (exact) mass is 216 g/mol. The number of nitriles is 1. The van der Waals surface area contributed by atoms with Gasteiger partial charge in [-0.05, 0) is 18.3 Å². The number of hydrogen-bond donors (Lipinski definition) is 0. The van der Waals surface area contributed by atoms with Crippen molar-refractivity contribution < 1.29 is 8.42 Å². The normalized spacial score (nSPS) is 12.1. The summed E-state index contributed by atoms with van der Waals surface area (Å²) in [5.41, 5.74) is -0.131. The zero-order chi connectivity index (χ0) is 11.2. The first kappa shape index (κ1) is 13.1. The van der Waals surface area contributed by atoms with E-state index in [0.717, 1.165) is 0 Å². The third kappa shape index (κ3) is 5.70. The van der Waals surface area contributed by atoms with Crippen LogP contribution in [0.15, 0.2) is 4.40 Å². The van der Waals surface area contributed by atoms with Gasteiger partial charge >= 0.3 is 0 Å². The van der Waals surface area contributed by atoms with Gasteiger partial charge < -0.3 is 0 Å². The van der Waals surface area contributed by atoms with Crippen molar-refractivity contribution >= 4 is 16.7 Å². The molecule has 0 atom stereocenters. The fraction of sp³-hybridized carbons (Fsp3) is 0.778. The van der Waals surface area contributed by atoms with Crippen molar-refractivity contribution in [2.24, 2.45) is 9.81 Å². The lowest BCUT2D eigenvalue weighted by molar-refractivity contribution is 0.327. The van der Waals surface area contributed by atoms with Crippen molar-refractivity contribution in [1.29, 1.82) is 5.26 Å². The third-order valence-corrected chi connectivity index (χ3v) is 3.26. The van der Waals surface area contributed by atoms with Gasteiger partial charge in [0.15, 0.2) is 0 Å². The maximum Gasteiger partial charge on any atom is 0.252 e. The molecule has 0 radical (unpaired) electrons. The Balaban J connectivity index is 4.13. The van der Waals surface area contributed by atoms with Gasteiger partial charge in [0.05, 0.1) is 11.8 Å². The molecule has 0 aliphatic rings. The highest BCUT2D eigenvalue weighted by Gasteiger charge is 2.20. The van der Waals surface area contributed by atoms with Gasteiger partial charge in [-0.3, -0.25) is 0 Å². The molecule has 5 heteroatoms. The molecule has 0 aromatic rings. The first-order valence-electron chi connectivity index (χ1n) is 4.41. The average Bonchev–Trinajstić information content (AvgIpc) is 2.12. The van der Waals surface area contributed by atoms with Gasteiger partial charge in [-0.2, -0.15) is 9.66 Å². The van der Waals surface area contributed by atoms with Crippen LogP contribution in [-0.2, 0) is 10.0 Å². The molecule has 0 N–H and O–H groups in total. The molecule has 0 rings (SSSR count). The van der Waals surface area contributed by atoms with E-state index in [1.165, 1.54) is 0 Å². The molecule has 0 heterocycles. The second kappa shape index (κ2) is 5.11. The summed E-state index contributed by atoms with van der Waals surface area (Å²) in [7, 11) is -3.35. The van der Waals surface area contributed by atoms with Gasteiger partial charge in [0.2, 0.25) is 0 Å². The molecular weight excluding hydrogens is 200 g/mol. The summed E-state index contributed by atoms with van der Waals surface area (Å²) < 4.78 is 25.1. The van der Waals surface area contributed by atoms with Crippen LogP contribution in [0.2, 0.25) is 0 Å². The highest BCUT2D eigenvalue weighted by molar-refractivity contribution is 7.90. The lowest BCUT2D eigenvalue weighted by atomic mass is 9.85. The Labute approximate surface area is 85.7 Å². The summed E-state index contributed by atoms with van der Waals surface area (Å²) >= 11 is 0. The van der Waals surface area contributed by atoms with Gasteiger partial charge in [0.1, 0.15) is 0 Å². The fourth-order valence-corrected chi connectivity index (χ4v) is 1.93. The van der Waals surface area contributed by atoms with Gasteiger partial charge in [-0.25, -0.2) is 8.42 Å². The maximum absolute atomic E-state index is 11.0. The predicted molar refractivity (Wildman–Crippen MR) is 56.6 cm³/mol. The Morgan fingerprint density at radius 3 is 2.43 bits per heavy atom. The summed E-state index contributed by atoms with van der Waals surface area (Å²) in [6.45, 7) is 6.90. The van der Waals surface area contributed by atoms with E-state index in [-0.39, 0.29) is 11.2 Å². The van der Waals surface area contributed by atoms with Crippen molar-refractivity contribution in [2.75, 3.05) is 5.75 Å². The van der Waals surface area contributed by atoms with E-state index in [0.29, 0.717) is 19.3 Å². The van der Waals surface area contributed by atoms with Crippen molar-refractivity contribution in [3.8, 4) is 6.07 Å². The SMILES string of the molecule is C=NS(=O)(=O)CCC(C)(C)CCC#N. The van der Waals surface area contributed by atoms with Crippen LogP contribution >= 0.6 is 0 Å². The van der Waals surface area contributed by atoms with Gasteiger partial charge in [-0.15, -0.1) is 0 Å². The van der Waals surface area contributed by atoms with Crippen LogP contribution in [0.3, 0.4) is 0 Å². The Kier molecular flexibility index (Phi) is 4.78. The van der Waals surface area contributed by atoms with E-state index in [1.807, 2.05) is 19.9 Å². The Hall–Kier alpha value is -0.890. The molecule has 0 aliphatic heterocycles. The molecule has 0 saturated heterocycles. The van der Waals surface area contributed by atoms with Crippen molar-refractivity contribution in [2.45, 2.75) is 33.1 Å². The third-order valence-electron chi connectivity index (χ3n) is 2.15. The Bertz CT molecular complexity index is 325. The van der Waals surface area contributed by atoms with Crippen LogP contribution in [0.1, 0.15) is 33.1 Å². The number of hydrogen-bond acceptors (Lipinski definition) is 3. The summed E-state index contributed by atoms with van der Waals surface area (Å²) in [4.78, 5) is 0. The number of sulfonamides is 1. The minimum atomic E-state index is -3.35. The molecule has 0 fully saturated rings. The molecule has 0 saturated carbocycles. The largest absolute Gasteiger partial charge is 0.252 e. The van der Waals surface area contributed by atoms with E-state index in [2.05, 4.69) is 11.1 Å². The van der Waals surface area contributed by atoms with Gasteiger partial charge in [-0.1, -0.05) is 13.8 Å². The van der Waals surface area contributed by atoms with Gasteiger partial charge in [0.25, 0.3) is 10.0 Å². The molecule has 14 heavy (non-hydrogen) atoms. The number of rotatable bonds is 6. The molecule has 4 nitrogen and oxygen atoms in total.